The Morgan fingerprint density at radius 1 is 2.00 bits per heavy atom. The summed E-state index contributed by atoms with van der Waals surface area (Å²) in [7, 11) is 0. The van der Waals surface area contributed by atoms with Crippen LogP contribution in [-0.4, -0.2) is 28.9 Å². The highest BCUT2D eigenvalue weighted by molar-refractivity contribution is 7.80. The van der Waals surface area contributed by atoms with E-state index in [4.69, 9.17) is 5.11 Å². The third kappa shape index (κ3) is 1.29. The fraction of sp³-hybridized carbons (Fsp3) is 0.500. The lowest BCUT2D eigenvalue weighted by Gasteiger charge is -1.96. The van der Waals surface area contributed by atoms with Crippen LogP contribution in [0.25, 0.3) is 0 Å². The van der Waals surface area contributed by atoms with Crippen LogP contribution in [0.3, 0.4) is 0 Å². The minimum atomic E-state index is -0.935. The van der Waals surface area contributed by atoms with E-state index in [0.717, 1.165) is 0 Å². The second-order valence-electron chi connectivity index (χ2n) is 1.63. The second kappa shape index (κ2) is 2.18. The number of ether oxygens (including phenoxy) is 1. The third-order valence-electron chi connectivity index (χ3n) is 0.971. The van der Waals surface area contributed by atoms with Crippen LogP contribution in [0.2, 0.25) is 0 Å². The van der Waals surface area contributed by atoms with Crippen molar-refractivity contribution in [2.75, 3.05) is 6.61 Å². The van der Waals surface area contributed by atoms with Crippen molar-refractivity contribution in [1.29, 1.82) is 0 Å². The summed E-state index contributed by atoms with van der Waals surface area (Å²) in [4.78, 5) is 10.1. The number of carbonyl (C=O) groups is 1. The van der Waals surface area contributed by atoms with E-state index in [2.05, 4.69) is 22.3 Å². The molecule has 0 aliphatic carbocycles. The highest BCUT2D eigenvalue weighted by Crippen LogP contribution is 1.96. The molecule has 1 heterocycles. The molecule has 1 saturated heterocycles. The van der Waals surface area contributed by atoms with Gasteiger partial charge in [-0.05, 0) is 12.2 Å². The first kappa shape index (κ1) is 6.28. The van der Waals surface area contributed by atoms with Gasteiger partial charge in [-0.1, -0.05) is 0 Å². The van der Waals surface area contributed by atoms with Gasteiger partial charge in [0.2, 0.25) is 0 Å². The zero-order valence-electron chi connectivity index (χ0n) is 4.46. The molecular formula is C4H5NO3S. The smallest absolute Gasteiger partial charge is 0.329 e. The number of hydrogen-bond donors (Lipinski definition) is 2. The molecule has 0 unspecified atom stereocenters. The van der Waals surface area contributed by atoms with Crippen LogP contribution in [0.1, 0.15) is 0 Å². The number of carboxylic acid groups (broad SMARTS) is 1. The average Bonchev–Trinajstić information content (AvgIpc) is 2.14. The van der Waals surface area contributed by atoms with Gasteiger partial charge in [-0.15, -0.1) is 0 Å². The van der Waals surface area contributed by atoms with Gasteiger partial charge >= 0.3 is 5.97 Å². The standard InChI is InChI=1S/C4H5NO3S/c6-3(7)2-1-8-4(9)5-2/h2H,1H2,(H,5,9)(H,6,7)/t2-/m1/s1. The molecule has 5 heteroatoms. The Hall–Kier alpha value is -0.840. The van der Waals surface area contributed by atoms with Crippen molar-refractivity contribution in [1.82, 2.24) is 5.32 Å². The molecule has 0 aromatic carbocycles. The fourth-order valence-electron chi connectivity index (χ4n) is 0.518. The maximum atomic E-state index is 10.1. The molecule has 0 bridgehead atoms. The van der Waals surface area contributed by atoms with Crippen molar-refractivity contribution < 1.29 is 14.6 Å². The fourth-order valence-corrected chi connectivity index (χ4v) is 0.728. The van der Waals surface area contributed by atoms with Gasteiger partial charge < -0.3 is 15.2 Å². The zero-order valence-corrected chi connectivity index (χ0v) is 5.27. The van der Waals surface area contributed by atoms with Crippen LogP contribution in [-0.2, 0) is 9.53 Å². The average molecular weight is 147 g/mol. The summed E-state index contributed by atoms with van der Waals surface area (Å²) in [5.41, 5.74) is 0. The molecule has 0 aromatic rings. The molecule has 0 spiro atoms. The molecule has 50 valence electrons. The molecule has 1 aliphatic rings. The van der Waals surface area contributed by atoms with Crippen LogP contribution in [0.15, 0.2) is 0 Å². The van der Waals surface area contributed by atoms with Gasteiger partial charge in [0.05, 0.1) is 0 Å². The van der Waals surface area contributed by atoms with Crippen LogP contribution >= 0.6 is 12.2 Å². The molecular weight excluding hydrogens is 142 g/mol. The molecule has 9 heavy (non-hydrogen) atoms. The van der Waals surface area contributed by atoms with E-state index in [9.17, 15) is 4.79 Å². The van der Waals surface area contributed by atoms with Crippen molar-refractivity contribution in [2.45, 2.75) is 6.04 Å². The van der Waals surface area contributed by atoms with Crippen LogP contribution in [0.5, 0.6) is 0 Å². The normalized spacial score (nSPS) is 24.9. The minimum Gasteiger partial charge on any atom is -0.480 e. The number of nitrogens with one attached hydrogen (secondary N) is 1. The maximum absolute atomic E-state index is 10.1. The molecule has 2 N–H and O–H groups in total. The van der Waals surface area contributed by atoms with Crippen LogP contribution < -0.4 is 5.32 Å². The van der Waals surface area contributed by atoms with E-state index >= 15 is 0 Å². The van der Waals surface area contributed by atoms with E-state index in [-0.39, 0.29) is 11.8 Å². The molecule has 0 saturated carbocycles. The molecule has 0 aromatic heterocycles. The van der Waals surface area contributed by atoms with E-state index in [1.165, 1.54) is 0 Å². The Morgan fingerprint density at radius 3 is 2.89 bits per heavy atom. The van der Waals surface area contributed by atoms with Gasteiger partial charge in [0, 0.05) is 0 Å². The Bertz CT molecular complexity index is 158. The number of aliphatic carboxylic acids is 1. The van der Waals surface area contributed by atoms with E-state index < -0.39 is 12.0 Å². The van der Waals surface area contributed by atoms with Gasteiger partial charge in [0.1, 0.15) is 6.61 Å². The van der Waals surface area contributed by atoms with E-state index in [0.29, 0.717) is 0 Å². The number of hydrogen-bond acceptors (Lipinski definition) is 3. The second-order valence-corrected chi connectivity index (χ2v) is 2.00. The monoisotopic (exact) mass is 147 g/mol. The van der Waals surface area contributed by atoms with Crippen molar-refractivity contribution >= 4 is 23.4 Å². The molecule has 0 amide bonds. The van der Waals surface area contributed by atoms with Crippen LogP contribution in [0, 0.1) is 0 Å². The predicted molar refractivity (Wildman–Crippen MR) is 33.1 cm³/mol. The van der Waals surface area contributed by atoms with Gasteiger partial charge in [-0.25, -0.2) is 4.79 Å². The predicted octanol–water partition coefficient (Wildman–Crippen LogP) is -0.656. The zero-order chi connectivity index (χ0) is 6.85. The summed E-state index contributed by atoms with van der Waals surface area (Å²) in [5.74, 6) is -0.935. The van der Waals surface area contributed by atoms with Gasteiger partial charge in [0.15, 0.2) is 6.04 Å². The van der Waals surface area contributed by atoms with Gasteiger partial charge in [-0.3, -0.25) is 0 Å². The van der Waals surface area contributed by atoms with E-state index in [1.54, 1.807) is 0 Å². The summed E-state index contributed by atoms with van der Waals surface area (Å²) in [6.45, 7) is 0.133. The number of carboxylic acids is 1. The Labute approximate surface area is 56.8 Å². The topological polar surface area (TPSA) is 58.6 Å². The quantitative estimate of drug-likeness (QED) is 0.482. The summed E-state index contributed by atoms with van der Waals surface area (Å²) in [6.07, 6.45) is 0. The van der Waals surface area contributed by atoms with Crippen LogP contribution in [0.4, 0.5) is 0 Å². The Kier molecular flexibility index (Phi) is 1.52. The molecule has 0 radical (unpaired) electrons. The first-order chi connectivity index (χ1) is 4.20. The first-order valence-electron chi connectivity index (χ1n) is 2.36. The molecule has 1 rings (SSSR count). The lowest BCUT2D eigenvalue weighted by molar-refractivity contribution is -0.139. The largest absolute Gasteiger partial charge is 0.480 e. The summed E-state index contributed by atoms with van der Waals surface area (Å²) >= 11 is 4.52. The molecule has 1 atom stereocenters. The van der Waals surface area contributed by atoms with Crippen molar-refractivity contribution in [3.05, 3.63) is 0 Å². The molecule has 1 aliphatic heterocycles. The summed E-state index contributed by atoms with van der Waals surface area (Å²) in [5, 5.41) is 11.0. The molecule has 4 nitrogen and oxygen atoms in total. The Balaban J connectivity index is 2.48. The highest BCUT2D eigenvalue weighted by Gasteiger charge is 2.25. The lowest BCUT2D eigenvalue weighted by Crippen LogP contribution is -2.33. The number of thiocarbonyl (C=S) groups is 1. The van der Waals surface area contributed by atoms with Crippen molar-refractivity contribution in [3.8, 4) is 0 Å². The van der Waals surface area contributed by atoms with Crippen molar-refractivity contribution in [2.24, 2.45) is 0 Å². The molecule has 1 fully saturated rings. The van der Waals surface area contributed by atoms with Gasteiger partial charge in [-0.2, -0.15) is 0 Å². The summed E-state index contributed by atoms with van der Waals surface area (Å²) < 4.78 is 4.67. The SMILES string of the molecule is O=C(O)[C@H]1COC(=S)N1. The first-order valence-corrected chi connectivity index (χ1v) is 2.77. The Morgan fingerprint density at radius 2 is 2.67 bits per heavy atom. The number of rotatable bonds is 1. The summed E-state index contributed by atoms with van der Waals surface area (Å²) in [6, 6.07) is -0.655. The minimum absolute atomic E-state index is 0.133. The third-order valence-corrected chi connectivity index (χ3v) is 1.21. The van der Waals surface area contributed by atoms with E-state index in [1.807, 2.05) is 0 Å². The van der Waals surface area contributed by atoms with Gasteiger partial charge in [0.25, 0.3) is 5.17 Å². The lowest BCUT2D eigenvalue weighted by atomic mass is 10.3. The highest BCUT2D eigenvalue weighted by atomic mass is 32.1. The maximum Gasteiger partial charge on any atom is 0.329 e. The van der Waals surface area contributed by atoms with Crippen molar-refractivity contribution in [3.63, 3.8) is 0 Å².